The predicted molar refractivity (Wildman–Crippen MR) is 82.0 cm³/mol. The summed E-state index contributed by atoms with van der Waals surface area (Å²) in [6, 6.07) is 9.19. The summed E-state index contributed by atoms with van der Waals surface area (Å²) >= 11 is 3.17. The maximum atomic E-state index is 12.5. The molecule has 0 aliphatic heterocycles. The van der Waals surface area contributed by atoms with Gasteiger partial charge in [0.2, 0.25) is 0 Å². The summed E-state index contributed by atoms with van der Waals surface area (Å²) in [6.07, 6.45) is -4.51. The van der Waals surface area contributed by atoms with Crippen molar-refractivity contribution >= 4 is 31.6 Å². The number of hydrogen-bond donors (Lipinski definition) is 0. The Kier molecular flexibility index (Phi) is 4.95. The van der Waals surface area contributed by atoms with Crippen LogP contribution in [0, 0.1) is 0 Å². The standard InChI is InChI=1S/C15H10BrF3O3S/c16-12-5-7-13(8-6-12)23(21,22)9-14(20)10-1-3-11(4-2-10)15(17,18)19/h1-8H,9H2. The monoisotopic (exact) mass is 406 g/mol. The van der Waals surface area contributed by atoms with Crippen LogP contribution in [0.1, 0.15) is 15.9 Å². The van der Waals surface area contributed by atoms with Crippen LogP contribution >= 0.6 is 15.9 Å². The van der Waals surface area contributed by atoms with E-state index in [-0.39, 0.29) is 10.5 Å². The smallest absolute Gasteiger partial charge is 0.293 e. The van der Waals surface area contributed by atoms with Crippen LogP contribution in [0.5, 0.6) is 0 Å². The van der Waals surface area contributed by atoms with Crippen LogP contribution in [-0.2, 0) is 16.0 Å². The number of carbonyl (C=O) groups excluding carboxylic acids is 1. The molecule has 2 aromatic carbocycles. The molecule has 0 saturated carbocycles. The van der Waals surface area contributed by atoms with Crippen LogP contribution in [0.3, 0.4) is 0 Å². The lowest BCUT2D eigenvalue weighted by molar-refractivity contribution is -0.137. The number of hydrogen-bond acceptors (Lipinski definition) is 3. The van der Waals surface area contributed by atoms with E-state index < -0.39 is 33.1 Å². The second kappa shape index (κ2) is 6.45. The van der Waals surface area contributed by atoms with E-state index in [0.717, 1.165) is 24.3 Å². The quantitative estimate of drug-likeness (QED) is 0.717. The van der Waals surface area contributed by atoms with E-state index in [0.29, 0.717) is 4.47 Å². The molecule has 0 fully saturated rings. The third-order valence-electron chi connectivity index (χ3n) is 3.03. The van der Waals surface area contributed by atoms with E-state index in [1.807, 2.05) is 0 Å². The Labute approximate surface area is 139 Å². The lowest BCUT2D eigenvalue weighted by Gasteiger charge is -2.08. The van der Waals surface area contributed by atoms with Crippen molar-refractivity contribution in [3.63, 3.8) is 0 Å². The number of Topliss-reactive ketones (excluding diaryl/α,β-unsaturated/α-hetero) is 1. The first kappa shape index (κ1) is 17.7. The molecule has 23 heavy (non-hydrogen) atoms. The van der Waals surface area contributed by atoms with Gasteiger partial charge in [0.25, 0.3) is 0 Å². The lowest BCUT2D eigenvalue weighted by atomic mass is 10.1. The first-order valence-corrected chi connectivity index (χ1v) is 8.73. The molecule has 2 rings (SSSR count). The minimum absolute atomic E-state index is 0.0269. The number of benzene rings is 2. The van der Waals surface area contributed by atoms with Crippen LogP contribution in [0.25, 0.3) is 0 Å². The van der Waals surface area contributed by atoms with Crippen molar-refractivity contribution in [3.05, 3.63) is 64.1 Å². The molecule has 0 spiro atoms. The highest BCUT2D eigenvalue weighted by atomic mass is 79.9. The van der Waals surface area contributed by atoms with Crippen molar-refractivity contribution in [2.75, 3.05) is 5.75 Å². The first-order chi connectivity index (χ1) is 10.6. The molecule has 0 unspecified atom stereocenters. The van der Waals surface area contributed by atoms with Gasteiger partial charge in [-0.15, -0.1) is 0 Å². The molecular weight excluding hydrogens is 397 g/mol. The second-order valence-electron chi connectivity index (χ2n) is 4.71. The number of sulfone groups is 1. The van der Waals surface area contributed by atoms with Gasteiger partial charge in [0.05, 0.1) is 10.5 Å². The normalized spacial score (nSPS) is 12.2. The van der Waals surface area contributed by atoms with Gasteiger partial charge in [-0.3, -0.25) is 4.79 Å². The van der Waals surface area contributed by atoms with Gasteiger partial charge in [-0.25, -0.2) is 8.42 Å². The van der Waals surface area contributed by atoms with Crippen molar-refractivity contribution < 1.29 is 26.4 Å². The summed E-state index contributed by atoms with van der Waals surface area (Å²) in [6.45, 7) is 0. The van der Waals surface area contributed by atoms with Crippen molar-refractivity contribution in [2.24, 2.45) is 0 Å². The molecule has 8 heteroatoms. The molecule has 2 aromatic rings. The Morgan fingerprint density at radius 2 is 1.48 bits per heavy atom. The number of halogens is 4. The Bertz CT molecular complexity index is 811. The number of rotatable bonds is 4. The predicted octanol–water partition coefficient (Wildman–Crippen LogP) is 4.12. The molecule has 0 amide bonds. The van der Waals surface area contributed by atoms with Gasteiger partial charge < -0.3 is 0 Å². The summed E-state index contributed by atoms with van der Waals surface area (Å²) < 4.78 is 62.3. The van der Waals surface area contributed by atoms with Crippen molar-refractivity contribution in [2.45, 2.75) is 11.1 Å². The molecule has 0 bridgehead atoms. The highest BCUT2D eigenvalue weighted by molar-refractivity contribution is 9.10. The SMILES string of the molecule is O=C(CS(=O)(=O)c1ccc(Br)cc1)c1ccc(C(F)(F)F)cc1. The molecule has 0 aromatic heterocycles. The molecule has 0 aliphatic carbocycles. The van der Waals surface area contributed by atoms with Gasteiger partial charge in [-0.2, -0.15) is 13.2 Å². The zero-order chi connectivity index (χ0) is 17.3. The molecule has 0 radical (unpaired) electrons. The Morgan fingerprint density at radius 1 is 0.957 bits per heavy atom. The largest absolute Gasteiger partial charge is 0.416 e. The molecule has 3 nitrogen and oxygen atoms in total. The fourth-order valence-electron chi connectivity index (χ4n) is 1.83. The topological polar surface area (TPSA) is 51.2 Å². The Hall–Kier alpha value is -1.67. The minimum atomic E-state index is -4.51. The van der Waals surface area contributed by atoms with Crippen molar-refractivity contribution in [1.82, 2.24) is 0 Å². The number of ketones is 1. The molecule has 0 saturated heterocycles. The van der Waals surface area contributed by atoms with Gasteiger partial charge in [0, 0.05) is 10.0 Å². The van der Waals surface area contributed by atoms with E-state index in [1.165, 1.54) is 24.3 Å². The van der Waals surface area contributed by atoms with E-state index >= 15 is 0 Å². The lowest BCUT2D eigenvalue weighted by Crippen LogP contribution is -2.16. The second-order valence-corrected chi connectivity index (χ2v) is 7.62. The number of carbonyl (C=O) groups is 1. The summed E-state index contributed by atoms with van der Waals surface area (Å²) in [4.78, 5) is 12.0. The fraction of sp³-hybridized carbons (Fsp3) is 0.133. The van der Waals surface area contributed by atoms with E-state index in [4.69, 9.17) is 0 Å². The van der Waals surface area contributed by atoms with E-state index in [2.05, 4.69) is 15.9 Å². The highest BCUT2D eigenvalue weighted by Crippen LogP contribution is 2.29. The Morgan fingerprint density at radius 3 is 1.96 bits per heavy atom. The van der Waals surface area contributed by atoms with E-state index in [9.17, 15) is 26.4 Å². The maximum absolute atomic E-state index is 12.5. The van der Waals surface area contributed by atoms with Crippen LogP contribution in [0.2, 0.25) is 0 Å². The third-order valence-corrected chi connectivity index (χ3v) is 5.19. The van der Waals surface area contributed by atoms with Gasteiger partial charge in [0.15, 0.2) is 15.6 Å². The van der Waals surface area contributed by atoms with Crippen LogP contribution in [0.15, 0.2) is 57.9 Å². The molecule has 122 valence electrons. The molecule has 0 heterocycles. The minimum Gasteiger partial charge on any atom is -0.293 e. The van der Waals surface area contributed by atoms with Gasteiger partial charge >= 0.3 is 6.18 Å². The summed E-state index contributed by atoms with van der Waals surface area (Å²) in [7, 11) is -3.86. The van der Waals surface area contributed by atoms with E-state index in [1.54, 1.807) is 0 Å². The average Bonchev–Trinajstić information content (AvgIpc) is 2.46. The van der Waals surface area contributed by atoms with Gasteiger partial charge in [-0.1, -0.05) is 28.1 Å². The fourth-order valence-corrected chi connectivity index (χ4v) is 3.32. The molecule has 0 aliphatic rings. The van der Waals surface area contributed by atoms with Crippen molar-refractivity contribution in [3.8, 4) is 0 Å². The third kappa shape index (κ3) is 4.42. The zero-order valence-corrected chi connectivity index (χ0v) is 13.9. The molecular formula is C15H10BrF3O3S. The molecule has 0 atom stereocenters. The zero-order valence-electron chi connectivity index (χ0n) is 11.5. The average molecular weight is 407 g/mol. The molecule has 0 N–H and O–H groups in total. The van der Waals surface area contributed by atoms with Crippen LogP contribution in [-0.4, -0.2) is 20.0 Å². The van der Waals surface area contributed by atoms with Crippen LogP contribution < -0.4 is 0 Å². The summed E-state index contributed by atoms with van der Waals surface area (Å²) in [5.74, 6) is -1.57. The number of alkyl halides is 3. The Balaban J connectivity index is 2.19. The van der Waals surface area contributed by atoms with Gasteiger partial charge in [-0.05, 0) is 36.4 Å². The summed E-state index contributed by atoms with van der Waals surface area (Å²) in [5, 5.41) is 0. The van der Waals surface area contributed by atoms with Crippen molar-refractivity contribution in [1.29, 1.82) is 0 Å². The van der Waals surface area contributed by atoms with Gasteiger partial charge in [0.1, 0.15) is 5.75 Å². The highest BCUT2D eigenvalue weighted by Gasteiger charge is 2.30. The van der Waals surface area contributed by atoms with Crippen LogP contribution in [0.4, 0.5) is 13.2 Å². The first-order valence-electron chi connectivity index (χ1n) is 6.28. The maximum Gasteiger partial charge on any atom is 0.416 e. The summed E-state index contributed by atoms with van der Waals surface area (Å²) in [5.41, 5.74) is -0.983.